The summed E-state index contributed by atoms with van der Waals surface area (Å²) in [6.07, 6.45) is 11.5. The van der Waals surface area contributed by atoms with Crippen LogP contribution in [0.5, 0.6) is 0 Å². The number of epoxide rings is 1. The molecule has 0 aromatic rings. The smallest absolute Gasteiger partial charge is 0.303 e. The van der Waals surface area contributed by atoms with E-state index in [-0.39, 0.29) is 24.5 Å². The second-order valence-corrected chi connectivity index (χ2v) is 8.30. The average Bonchev–Trinajstić information content (AvgIpc) is 3.39. The Balaban J connectivity index is 1.85. The molecule has 5 heteroatoms. The lowest BCUT2D eigenvalue weighted by molar-refractivity contribution is -0.145. The van der Waals surface area contributed by atoms with E-state index in [1.165, 1.54) is 18.1 Å². The number of carbonyl (C=O) groups is 2. The second-order valence-electron chi connectivity index (χ2n) is 8.30. The first kappa shape index (κ1) is 23.3. The molecule has 1 heterocycles. The molecule has 1 aliphatic carbocycles. The van der Waals surface area contributed by atoms with E-state index >= 15 is 0 Å². The molecule has 1 fully saturated rings. The zero-order valence-corrected chi connectivity index (χ0v) is 18.3. The van der Waals surface area contributed by atoms with Gasteiger partial charge in [0.2, 0.25) is 0 Å². The van der Waals surface area contributed by atoms with E-state index in [1.807, 2.05) is 6.92 Å². The molecule has 3 unspecified atom stereocenters. The summed E-state index contributed by atoms with van der Waals surface area (Å²) < 4.78 is 11.1. The van der Waals surface area contributed by atoms with Gasteiger partial charge in [-0.3, -0.25) is 9.59 Å². The van der Waals surface area contributed by atoms with Crippen molar-refractivity contribution < 1.29 is 24.2 Å². The third kappa shape index (κ3) is 6.25. The number of allylic oxidation sites excluding steroid dienone is 4. The molecule has 0 aromatic carbocycles. The lowest BCUT2D eigenvalue weighted by Crippen LogP contribution is -2.38. The molecular weight excluding hydrogens is 368 g/mol. The van der Waals surface area contributed by atoms with Crippen LogP contribution in [0.15, 0.2) is 46.6 Å². The van der Waals surface area contributed by atoms with Gasteiger partial charge in [0.15, 0.2) is 17.5 Å². The Morgan fingerprint density at radius 3 is 2.28 bits per heavy atom. The van der Waals surface area contributed by atoms with Crippen molar-refractivity contribution >= 4 is 11.8 Å². The summed E-state index contributed by atoms with van der Waals surface area (Å²) in [4.78, 5) is 23.8. The van der Waals surface area contributed by atoms with Crippen molar-refractivity contribution in [1.29, 1.82) is 0 Å². The van der Waals surface area contributed by atoms with Gasteiger partial charge in [-0.1, -0.05) is 34.9 Å². The maximum atomic E-state index is 12.5. The van der Waals surface area contributed by atoms with Gasteiger partial charge in [0, 0.05) is 13.3 Å². The fourth-order valence-corrected chi connectivity index (χ4v) is 3.63. The van der Waals surface area contributed by atoms with E-state index < -0.39 is 11.7 Å². The van der Waals surface area contributed by atoms with Crippen molar-refractivity contribution in [2.45, 2.75) is 84.5 Å². The highest BCUT2D eigenvalue weighted by atomic mass is 16.7. The number of esters is 1. The Labute approximate surface area is 174 Å². The molecule has 0 saturated carbocycles. The predicted molar refractivity (Wildman–Crippen MR) is 113 cm³/mol. The largest absolute Gasteiger partial charge is 0.455 e. The van der Waals surface area contributed by atoms with Crippen LogP contribution in [0.25, 0.3) is 0 Å². The highest BCUT2D eigenvalue weighted by molar-refractivity contribution is 6.02. The van der Waals surface area contributed by atoms with Gasteiger partial charge in [0.1, 0.15) is 6.10 Å². The fraction of sp³-hybridized carbons (Fsp3) is 0.583. The van der Waals surface area contributed by atoms with E-state index in [4.69, 9.17) is 14.6 Å². The molecule has 29 heavy (non-hydrogen) atoms. The topological polar surface area (TPSA) is 76.1 Å². The zero-order valence-electron chi connectivity index (χ0n) is 18.3. The molecule has 0 spiro atoms. The van der Waals surface area contributed by atoms with Crippen molar-refractivity contribution in [2.24, 2.45) is 0 Å². The van der Waals surface area contributed by atoms with E-state index in [2.05, 4.69) is 32.1 Å². The Hall–Kier alpha value is -1.98. The number of aliphatic hydroxyl groups is 1. The number of hydrogen-bond acceptors (Lipinski definition) is 5. The summed E-state index contributed by atoms with van der Waals surface area (Å²) >= 11 is 0. The van der Waals surface area contributed by atoms with E-state index in [0.29, 0.717) is 6.42 Å². The van der Waals surface area contributed by atoms with Crippen LogP contribution < -0.4 is 0 Å². The lowest BCUT2D eigenvalue weighted by Gasteiger charge is -2.22. The highest BCUT2D eigenvalue weighted by Crippen LogP contribution is 2.49. The van der Waals surface area contributed by atoms with Crippen LogP contribution in [0.1, 0.15) is 66.7 Å². The Bertz CT molecular complexity index is 755. The quantitative estimate of drug-likeness (QED) is 0.334. The molecule has 2 aliphatic rings. The molecule has 0 aromatic heterocycles. The summed E-state index contributed by atoms with van der Waals surface area (Å²) in [6, 6.07) is 0. The molecule has 3 atom stereocenters. The fourth-order valence-electron chi connectivity index (χ4n) is 3.63. The van der Waals surface area contributed by atoms with Crippen molar-refractivity contribution in [3.8, 4) is 0 Å². The second kappa shape index (κ2) is 10.2. The number of hydrogen-bond donors (Lipinski definition) is 1. The van der Waals surface area contributed by atoms with Gasteiger partial charge >= 0.3 is 5.97 Å². The number of fused-ring (bicyclic) bond motifs is 1. The van der Waals surface area contributed by atoms with Crippen LogP contribution in [0, 0.1) is 0 Å². The normalized spacial score (nSPS) is 27.4. The number of rotatable bonds is 10. The van der Waals surface area contributed by atoms with Crippen molar-refractivity contribution in [1.82, 2.24) is 0 Å². The standard InChI is InChI=1S/C24H34O5/c1-16(9-7-11-18(3)15-25)8-6-10-17(2)12-13-24-21(27)14-19(4)22(23(24)29-24)28-20(5)26/h8,11-12,14,22-23,25H,6-7,9-10,13,15H2,1-5H3. The van der Waals surface area contributed by atoms with Crippen LogP contribution in [-0.2, 0) is 19.1 Å². The SMILES string of the molecule is CC(=O)OC1C(C)=CC(=O)C2(CC=C(C)CCC=C(C)CCC=C(C)CO)OC12. The predicted octanol–water partition coefficient (Wildman–Crippen LogP) is 4.37. The molecule has 1 saturated heterocycles. The van der Waals surface area contributed by atoms with Gasteiger partial charge in [0.05, 0.1) is 6.61 Å². The minimum Gasteiger partial charge on any atom is -0.455 e. The molecular formula is C24H34O5. The van der Waals surface area contributed by atoms with Gasteiger partial charge in [-0.2, -0.15) is 0 Å². The maximum Gasteiger partial charge on any atom is 0.303 e. The first-order valence-electron chi connectivity index (χ1n) is 10.3. The summed E-state index contributed by atoms with van der Waals surface area (Å²) in [6.45, 7) is 9.43. The minimum absolute atomic E-state index is 0.0329. The monoisotopic (exact) mass is 402 g/mol. The van der Waals surface area contributed by atoms with Gasteiger partial charge < -0.3 is 14.6 Å². The molecule has 1 aliphatic heterocycles. The van der Waals surface area contributed by atoms with E-state index in [0.717, 1.165) is 36.8 Å². The third-order valence-corrected chi connectivity index (χ3v) is 5.60. The number of ether oxygens (including phenoxy) is 2. The molecule has 0 amide bonds. The summed E-state index contributed by atoms with van der Waals surface area (Å²) in [5.74, 6) is -0.396. The van der Waals surface area contributed by atoms with Crippen LogP contribution in [-0.4, -0.2) is 41.3 Å². The van der Waals surface area contributed by atoms with Gasteiger partial charge in [-0.15, -0.1) is 0 Å². The van der Waals surface area contributed by atoms with Gasteiger partial charge in [0.25, 0.3) is 0 Å². The highest BCUT2D eigenvalue weighted by Gasteiger charge is 2.67. The van der Waals surface area contributed by atoms with Crippen molar-refractivity contribution in [2.75, 3.05) is 6.61 Å². The minimum atomic E-state index is -0.858. The molecule has 160 valence electrons. The number of ketones is 1. The number of carbonyl (C=O) groups excluding carboxylic acids is 2. The maximum absolute atomic E-state index is 12.5. The number of aliphatic hydroxyl groups excluding tert-OH is 1. The average molecular weight is 403 g/mol. The molecule has 0 bridgehead atoms. The molecule has 2 rings (SSSR count). The molecule has 0 radical (unpaired) electrons. The first-order chi connectivity index (χ1) is 13.7. The summed E-state index contributed by atoms with van der Waals surface area (Å²) in [7, 11) is 0. The zero-order chi connectivity index (χ0) is 21.6. The van der Waals surface area contributed by atoms with Gasteiger partial charge in [-0.25, -0.2) is 0 Å². The van der Waals surface area contributed by atoms with Crippen LogP contribution in [0.2, 0.25) is 0 Å². The Morgan fingerprint density at radius 2 is 1.69 bits per heavy atom. The lowest BCUT2D eigenvalue weighted by atomic mass is 9.84. The van der Waals surface area contributed by atoms with Crippen LogP contribution >= 0.6 is 0 Å². The van der Waals surface area contributed by atoms with Gasteiger partial charge in [-0.05, 0) is 65.0 Å². The van der Waals surface area contributed by atoms with Crippen molar-refractivity contribution in [3.05, 3.63) is 46.6 Å². The van der Waals surface area contributed by atoms with Crippen LogP contribution in [0.3, 0.4) is 0 Å². The molecule has 1 N–H and O–H groups in total. The Kier molecular flexibility index (Phi) is 8.17. The first-order valence-corrected chi connectivity index (χ1v) is 10.3. The van der Waals surface area contributed by atoms with E-state index in [9.17, 15) is 9.59 Å². The van der Waals surface area contributed by atoms with E-state index in [1.54, 1.807) is 13.0 Å². The van der Waals surface area contributed by atoms with Crippen LogP contribution in [0.4, 0.5) is 0 Å². The summed E-state index contributed by atoms with van der Waals surface area (Å²) in [5.41, 5.74) is 3.46. The summed E-state index contributed by atoms with van der Waals surface area (Å²) in [5, 5.41) is 9.01. The third-order valence-electron chi connectivity index (χ3n) is 5.60. The Morgan fingerprint density at radius 1 is 1.10 bits per heavy atom. The molecule has 5 nitrogen and oxygen atoms in total. The van der Waals surface area contributed by atoms with Crippen molar-refractivity contribution in [3.63, 3.8) is 0 Å².